The van der Waals surface area contributed by atoms with E-state index in [9.17, 15) is 13.2 Å². The monoisotopic (exact) mass is 522 g/mol. The van der Waals surface area contributed by atoms with Crippen molar-refractivity contribution in [1.29, 1.82) is 0 Å². The fourth-order valence-corrected chi connectivity index (χ4v) is 5.94. The van der Waals surface area contributed by atoms with E-state index in [-0.39, 0.29) is 16.6 Å². The summed E-state index contributed by atoms with van der Waals surface area (Å²) >= 11 is 1.20. The van der Waals surface area contributed by atoms with Crippen molar-refractivity contribution in [3.05, 3.63) is 78.4 Å². The second kappa shape index (κ2) is 9.59. The number of aryl methyl sites for hydroxylation is 1. The predicted molar refractivity (Wildman–Crippen MR) is 137 cm³/mol. The van der Waals surface area contributed by atoms with Crippen LogP contribution in [-0.2, 0) is 14.8 Å². The molecule has 0 saturated heterocycles. The fourth-order valence-electron chi connectivity index (χ4n) is 3.71. The Labute approximate surface area is 212 Å². The highest BCUT2D eigenvalue weighted by atomic mass is 32.2. The van der Waals surface area contributed by atoms with Crippen molar-refractivity contribution in [3.8, 4) is 22.1 Å². The number of anilines is 2. The first-order valence-electron chi connectivity index (χ1n) is 11.0. The van der Waals surface area contributed by atoms with E-state index >= 15 is 0 Å². The number of fused-ring (bicyclic) bond motifs is 1. The Morgan fingerprint density at radius 2 is 1.78 bits per heavy atom. The number of rotatable bonds is 6. The Balaban J connectivity index is 1.38. The van der Waals surface area contributed by atoms with Gasteiger partial charge in [0.15, 0.2) is 6.10 Å². The number of sulfonamides is 1. The first kappa shape index (κ1) is 23.8. The minimum Gasteiger partial charge on any atom is -0.497 e. The molecule has 1 N–H and O–H groups in total. The molecule has 0 spiro atoms. The van der Waals surface area contributed by atoms with E-state index in [1.807, 2.05) is 31.2 Å². The lowest BCUT2D eigenvalue weighted by Crippen LogP contribution is -2.48. The quantitative estimate of drug-likeness (QED) is 0.406. The lowest BCUT2D eigenvalue weighted by Gasteiger charge is -2.34. The molecule has 1 atom stereocenters. The number of amides is 1. The van der Waals surface area contributed by atoms with Gasteiger partial charge in [-0.15, -0.1) is 10.2 Å². The molecular formula is C25H22N4O5S2. The van der Waals surface area contributed by atoms with Crippen LogP contribution in [0.4, 0.5) is 10.8 Å². The van der Waals surface area contributed by atoms with Gasteiger partial charge in [-0.1, -0.05) is 41.2 Å². The molecule has 4 aromatic rings. The van der Waals surface area contributed by atoms with Crippen LogP contribution in [0, 0.1) is 6.92 Å². The van der Waals surface area contributed by atoms with Gasteiger partial charge in [-0.05, 0) is 55.5 Å². The second-order valence-electron chi connectivity index (χ2n) is 8.05. The number of benzene rings is 3. The molecule has 0 saturated carbocycles. The number of nitrogens with zero attached hydrogens (tertiary/aromatic N) is 3. The van der Waals surface area contributed by atoms with Crippen LogP contribution in [0.5, 0.6) is 11.5 Å². The van der Waals surface area contributed by atoms with Crippen LogP contribution in [0.3, 0.4) is 0 Å². The number of methoxy groups -OCH3 is 1. The fraction of sp³-hybridized carbons (Fsp3) is 0.160. The normalized spacial score (nSPS) is 15.1. The summed E-state index contributed by atoms with van der Waals surface area (Å²) in [5.41, 5.74) is 2.14. The van der Waals surface area contributed by atoms with Crippen LogP contribution < -0.4 is 19.1 Å². The molecule has 0 bridgehead atoms. The molecular weight excluding hydrogens is 500 g/mol. The van der Waals surface area contributed by atoms with E-state index < -0.39 is 22.0 Å². The molecule has 11 heteroatoms. The van der Waals surface area contributed by atoms with Crippen LogP contribution in [0.15, 0.2) is 77.7 Å². The van der Waals surface area contributed by atoms with Gasteiger partial charge < -0.3 is 9.47 Å². The highest BCUT2D eigenvalue weighted by molar-refractivity contribution is 7.92. The predicted octanol–water partition coefficient (Wildman–Crippen LogP) is 4.12. The summed E-state index contributed by atoms with van der Waals surface area (Å²) in [4.78, 5) is 13.3. The largest absolute Gasteiger partial charge is 0.497 e. The maximum atomic E-state index is 13.5. The van der Waals surface area contributed by atoms with Gasteiger partial charge in [0.1, 0.15) is 16.5 Å². The van der Waals surface area contributed by atoms with Gasteiger partial charge in [0.2, 0.25) is 5.13 Å². The van der Waals surface area contributed by atoms with Crippen LogP contribution in [0.1, 0.15) is 5.56 Å². The molecule has 5 rings (SSSR count). The van der Waals surface area contributed by atoms with E-state index in [1.165, 1.54) is 15.6 Å². The molecule has 3 aromatic carbocycles. The molecule has 0 aliphatic carbocycles. The highest BCUT2D eigenvalue weighted by Gasteiger charge is 2.37. The number of nitrogens with one attached hydrogen (secondary N) is 1. The van der Waals surface area contributed by atoms with Crippen molar-refractivity contribution >= 4 is 38.1 Å². The average molecular weight is 523 g/mol. The van der Waals surface area contributed by atoms with Gasteiger partial charge in [-0.3, -0.25) is 14.4 Å². The van der Waals surface area contributed by atoms with Gasteiger partial charge in [-0.2, -0.15) is 0 Å². The number of ether oxygens (including phenoxy) is 2. The molecule has 1 aromatic heterocycles. The minimum absolute atomic E-state index is 0.136. The second-order valence-corrected chi connectivity index (χ2v) is 10.9. The van der Waals surface area contributed by atoms with E-state index in [4.69, 9.17) is 9.47 Å². The number of para-hydroxylation sites is 2. The number of hydrogen-bond acceptors (Lipinski definition) is 8. The van der Waals surface area contributed by atoms with E-state index in [2.05, 4.69) is 15.5 Å². The van der Waals surface area contributed by atoms with Crippen LogP contribution in [0.25, 0.3) is 10.6 Å². The Morgan fingerprint density at radius 1 is 1.06 bits per heavy atom. The molecule has 1 aliphatic rings. The van der Waals surface area contributed by atoms with Crippen molar-refractivity contribution < 1.29 is 22.7 Å². The Morgan fingerprint density at radius 3 is 2.50 bits per heavy atom. The molecule has 36 heavy (non-hydrogen) atoms. The zero-order valence-electron chi connectivity index (χ0n) is 19.4. The standard InChI is InChI=1S/C25H22N4O5S2/c1-16-7-13-19(14-8-16)36(31,32)29-15-22(34-21-6-4-3-5-20(21)29)23(30)26-25-28-27-24(35-25)17-9-11-18(33-2)12-10-17/h3-14,22H,15H2,1-2H3,(H,26,28,30). The third-order valence-electron chi connectivity index (χ3n) is 5.63. The topological polar surface area (TPSA) is 111 Å². The zero-order chi connectivity index (χ0) is 25.3. The average Bonchev–Trinajstić information content (AvgIpc) is 3.36. The summed E-state index contributed by atoms with van der Waals surface area (Å²) in [5, 5.41) is 11.8. The van der Waals surface area contributed by atoms with Crippen molar-refractivity contribution in [3.63, 3.8) is 0 Å². The van der Waals surface area contributed by atoms with E-state index in [0.29, 0.717) is 16.4 Å². The Hall–Kier alpha value is -3.96. The third kappa shape index (κ3) is 4.62. The van der Waals surface area contributed by atoms with Crippen LogP contribution >= 0.6 is 11.3 Å². The Bertz CT molecular complexity index is 1500. The summed E-state index contributed by atoms with van der Waals surface area (Å²) in [6.07, 6.45) is -1.09. The maximum Gasteiger partial charge on any atom is 0.269 e. The molecule has 1 unspecified atom stereocenters. The van der Waals surface area contributed by atoms with E-state index in [1.54, 1.807) is 55.6 Å². The number of carbonyl (C=O) groups excluding carboxylic acids is 1. The smallest absolute Gasteiger partial charge is 0.269 e. The Kier molecular flexibility index (Phi) is 6.33. The number of carbonyl (C=O) groups is 1. The first-order valence-corrected chi connectivity index (χ1v) is 13.2. The van der Waals surface area contributed by atoms with Gasteiger partial charge >= 0.3 is 0 Å². The molecule has 2 heterocycles. The molecule has 1 amide bonds. The minimum atomic E-state index is -3.93. The summed E-state index contributed by atoms with van der Waals surface area (Å²) in [6.45, 7) is 1.69. The summed E-state index contributed by atoms with van der Waals surface area (Å²) in [5.74, 6) is 0.499. The SMILES string of the molecule is COc1ccc(-c2nnc(NC(=O)C3CN(S(=O)(=O)c4ccc(C)cc4)c4ccccc4O3)s2)cc1. The maximum absolute atomic E-state index is 13.5. The van der Waals surface area contributed by atoms with Crippen molar-refractivity contribution in [1.82, 2.24) is 10.2 Å². The van der Waals surface area contributed by atoms with Gasteiger partial charge in [0.25, 0.3) is 15.9 Å². The van der Waals surface area contributed by atoms with E-state index in [0.717, 1.165) is 16.9 Å². The molecule has 1 aliphatic heterocycles. The van der Waals surface area contributed by atoms with Crippen LogP contribution in [0.2, 0.25) is 0 Å². The van der Waals surface area contributed by atoms with Gasteiger partial charge in [-0.25, -0.2) is 8.42 Å². The van der Waals surface area contributed by atoms with Crippen molar-refractivity contribution in [2.75, 3.05) is 23.3 Å². The molecule has 0 fully saturated rings. The lowest BCUT2D eigenvalue weighted by molar-refractivity contribution is -0.122. The van der Waals surface area contributed by atoms with Gasteiger partial charge in [0.05, 0.1) is 24.2 Å². The number of hydrogen-bond donors (Lipinski definition) is 1. The molecule has 184 valence electrons. The molecule has 0 radical (unpaired) electrons. The summed E-state index contributed by atoms with van der Waals surface area (Å²) in [7, 11) is -2.34. The zero-order valence-corrected chi connectivity index (χ0v) is 21.0. The van der Waals surface area contributed by atoms with Gasteiger partial charge in [0, 0.05) is 5.56 Å². The number of aromatic nitrogens is 2. The third-order valence-corrected chi connectivity index (χ3v) is 8.31. The molecule has 9 nitrogen and oxygen atoms in total. The highest BCUT2D eigenvalue weighted by Crippen LogP contribution is 2.37. The van der Waals surface area contributed by atoms with Crippen molar-refractivity contribution in [2.45, 2.75) is 17.9 Å². The summed E-state index contributed by atoms with van der Waals surface area (Å²) in [6, 6.07) is 20.6. The van der Waals surface area contributed by atoms with Crippen molar-refractivity contribution in [2.24, 2.45) is 0 Å². The summed E-state index contributed by atoms with van der Waals surface area (Å²) < 4.78 is 39.3. The first-order chi connectivity index (χ1) is 17.3. The lowest BCUT2D eigenvalue weighted by atomic mass is 10.2. The van der Waals surface area contributed by atoms with Crippen LogP contribution in [-0.4, -0.2) is 44.3 Å².